The molecule has 0 bridgehead atoms. The molecule has 0 aromatic heterocycles. The summed E-state index contributed by atoms with van der Waals surface area (Å²) in [6.07, 6.45) is -0.337. The Morgan fingerprint density at radius 3 is 1.68 bits per heavy atom. The lowest BCUT2D eigenvalue weighted by atomic mass is 9.71. The van der Waals surface area contributed by atoms with E-state index >= 15 is 0 Å². The van der Waals surface area contributed by atoms with Crippen LogP contribution in [0.4, 0.5) is 5.69 Å². The Bertz CT molecular complexity index is 1450. The van der Waals surface area contributed by atoms with Gasteiger partial charge in [-0.2, -0.15) is 25.3 Å². The summed E-state index contributed by atoms with van der Waals surface area (Å²) in [5, 5.41) is 0. The van der Waals surface area contributed by atoms with Crippen LogP contribution >= 0.6 is 0 Å². The van der Waals surface area contributed by atoms with Crippen molar-refractivity contribution in [3.8, 4) is 0 Å². The second kappa shape index (κ2) is 12.3. The molecule has 0 atom stereocenters. The van der Waals surface area contributed by atoms with E-state index in [4.69, 9.17) is 18.6 Å². The van der Waals surface area contributed by atoms with Gasteiger partial charge in [-0.05, 0) is 50.8 Å². The molecule has 1 aromatic carbocycles. The quantitative estimate of drug-likeness (QED) is 0.152. The van der Waals surface area contributed by atoms with Crippen molar-refractivity contribution in [1.29, 1.82) is 0 Å². The van der Waals surface area contributed by atoms with Gasteiger partial charge >= 0.3 is 11.9 Å². The number of benzene rings is 1. The van der Waals surface area contributed by atoms with Crippen molar-refractivity contribution >= 4 is 48.0 Å². The number of rotatable bonds is 14. The van der Waals surface area contributed by atoms with Gasteiger partial charge in [0.2, 0.25) is 0 Å². The van der Waals surface area contributed by atoms with Crippen molar-refractivity contribution in [2.45, 2.75) is 57.9 Å². The molecule has 228 valence electrons. The molecule has 0 radical (unpaired) electrons. The van der Waals surface area contributed by atoms with Crippen LogP contribution in [-0.2, 0) is 45.2 Å². The predicted octanol–water partition coefficient (Wildman–Crippen LogP) is 1.71. The van der Waals surface area contributed by atoms with Crippen LogP contribution in [-0.4, -0.2) is 93.4 Å². The first-order chi connectivity index (χ1) is 18.1. The van der Waals surface area contributed by atoms with Gasteiger partial charge < -0.3 is 14.4 Å². The molecular formula is C23H35NO13S3. The van der Waals surface area contributed by atoms with Crippen LogP contribution in [0.25, 0.3) is 0 Å². The minimum absolute atomic E-state index is 0.0235. The Hall–Kier alpha value is -2.31. The first-order valence-corrected chi connectivity index (χ1v) is 17.1. The molecule has 40 heavy (non-hydrogen) atoms. The number of carbonyl (C=O) groups excluding carboxylic acids is 2. The van der Waals surface area contributed by atoms with Crippen LogP contribution < -0.4 is 4.90 Å². The second-order valence-corrected chi connectivity index (χ2v) is 15.2. The fourth-order valence-electron chi connectivity index (χ4n) is 4.50. The number of carbonyl (C=O) groups is 2. The first-order valence-electron chi connectivity index (χ1n) is 12.2. The third-order valence-corrected chi connectivity index (χ3v) is 9.45. The van der Waals surface area contributed by atoms with Crippen LogP contribution in [0.2, 0.25) is 0 Å². The molecule has 17 heteroatoms. The van der Waals surface area contributed by atoms with Crippen molar-refractivity contribution in [3.63, 3.8) is 0 Å². The fraction of sp³-hybridized carbons (Fsp3) is 0.652. The van der Waals surface area contributed by atoms with Gasteiger partial charge in [0.15, 0.2) is 0 Å². The number of ether oxygens (including phenoxy) is 2. The molecule has 0 unspecified atom stereocenters. The summed E-state index contributed by atoms with van der Waals surface area (Å²) in [7, 11) is -12.8. The molecular weight excluding hydrogens is 594 g/mol. The molecule has 1 aliphatic heterocycles. The largest absolute Gasteiger partial charge is 0.462 e. The molecule has 0 saturated heterocycles. The Balaban J connectivity index is 2.50. The molecule has 0 saturated carbocycles. The normalized spacial score (nSPS) is 16.4. The average molecular weight is 630 g/mol. The van der Waals surface area contributed by atoms with E-state index in [-0.39, 0.29) is 50.1 Å². The third-order valence-electron chi connectivity index (χ3n) is 7.04. The van der Waals surface area contributed by atoms with Crippen molar-refractivity contribution < 1.29 is 58.0 Å². The lowest BCUT2D eigenvalue weighted by Gasteiger charge is -2.42. The highest BCUT2D eigenvalue weighted by molar-refractivity contribution is 7.86. The zero-order valence-electron chi connectivity index (χ0n) is 22.6. The van der Waals surface area contributed by atoms with Gasteiger partial charge in [-0.15, -0.1) is 0 Å². The van der Waals surface area contributed by atoms with E-state index in [1.54, 1.807) is 4.90 Å². The molecule has 0 amide bonds. The number of esters is 2. The van der Waals surface area contributed by atoms with E-state index in [9.17, 15) is 39.4 Å². The maximum Gasteiger partial charge on any atom is 0.338 e. The third kappa shape index (κ3) is 8.84. The van der Waals surface area contributed by atoms with Gasteiger partial charge in [0.25, 0.3) is 30.4 Å². The molecule has 0 aliphatic carbocycles. The van der Waals surface area contributed by atoms with Crippen molar-refractivity contribution in [2.75, 3.05) is 41.9 Å². The first kappa shape index (κ1) is 33.9. The van der Waals surface area contributed by atoms with Gasteiger partial charge in [0.1, 0.15) is 0 Å². The highest BCUT2D eigenvalue weighted by atomic mass is 32.2. The average Bonchev–Trinajstić information content (AvgIpc) is 2.93. The molecule has 1 aliphatic rings. The van der Waals surface area contributed by atoms with Crippen LogP contribution in [0.15, 0.2) is 12.1 Å². The molecule has 1 heterocycles. The number of hydrogen-bond acceptors (Lipinski definition) is 11. The van der Waals surface area contributed by atoms with Crippen molar-refractivity contribution in [2.24, 2.45) is 0 Å². The Labute approximate surface area is 234 Å². The summed E-state index contributed by atoms with van der Waals surface area (Å²) < 4.78 is 104. The molecule has 1 aromatic rings. The zero-order valence-corrected chi connectivity index (χ0v) is 25.1. The molecule has 2 rings (SSSR count). The highest BCUT2D eigenvalue weighted by Gasteiger charge is 2.52. The maximum atomic E-state index is 13.2. The highest BCUT2D eigenvalue weighted by Crippen LogP contribution is 2.53. The number of nitrogens with zero attached hydrogens (tertiary/aromatic N) is 1. The SMILES string of the molecule is CC1(C)c2c(C(=O)OCCCS(=O)(=O)O)cc(C(=O)OCCCS(=O)(=O)O)cc2N(CCCS(=O)(=O)O)C1(C)C. The van der Waals surface area contributed by atoms with Gasteiger partial charge in [-0.1, -0.05) is 13.8 Å². The lowest BCUT2D eigenvalue weighted by molar-refractivity contribution is 0.0501. The van der Waals surface area contributed by atoms with Crippen molar-refractivity contribution in [3.05, 3.63) is 28.8 Å². The van der Waals surface area contributed by atoms with Gasteiger partial charge in [-0.3, -0.25) is 13.7 Å². The summed E-state index contributed by atoms with van der Waals surface area (Å²) in [6, 6.07) is 2.70. The topological polar surface area (TPSA) is 219 Å². The Kier molecular flexibility index (Phi) is 10.4. The summed E-state index contributed by atoms with van der Waals surface area (Å²) in [5.41, 5.74) is -0.753. The van der Waals surface area contributed by atoms with Gasteiger partial charge in [0.05, 0.1) is 41.6 Å². The number of fused-ring (bicyclic) bond motifs is 1. The van der Waals surface area contributed by atoms with E-state index < -0.39 is 70.5 Å². The summed E-state index contributed by atoms with van der Waals surface area (Å²) in [4.78, 5) is 27.9. The Morgan fingerprint density at radius 1 is 0.750 bits per heavy atom. The monoisotopic (exact) mass is 629 g/mol. The second-order valence-electron chi connectivity index (χ2n) is 10.4. The fourth-order valence-corrected chi connectivity index (χ4v) is 5.96. The smallest absolute Gasteiger partial charge is 0.338 e. The number of hydrogen-bond donors (Lipinski definition) is 3. The van der Waals surface area contributed by atoms with Crippen LogP contribution in [0.3, 0.4) is 0 Å². The zero-order chi connectivity index (χ0) is 30.7. The van der Waals surface area contributed by atoms with E-state index in [1.807, 2.05) is 27.7 Å². The van der Waals surface area contributed by atoms with E-state index in [1.165, 1.54) is 12.1 Å². The lowest BCUT2D eigenvalue weighted by Crippen LogP contribution is -2.51. The molecule has 0 fully saturated rings. The molecule has 14 nitrogen and oxygen atoms in total. The molecule has 3 N–H and O–H groups in total. The number of anilines is 1. The minimum atomic E-state index is -4.27. The van der Waals surface area contributed by atoms with Crippen molar-refractivity contribution in [1.82, 2.24) is 0 Å². The van der Waals surface area contributed by atoms with Gasteiger partial charge in [0, 0.05) is 23.2 Å². The van der Waals surface area contributed by atoms with E-state index in [0.29, 0.717) is 11.3 Å². The summed E-state index contributed by atoms with van der Waals surface area (Å²) in [6.45, 7) is 6.83. The van der Waals surface area contributed by atoms with Crippen LogP contribution in [0, 0.1) is 0 Å². The van der Waals surface area contributed by atoms with Crippen LogP contribution in [0.1, 0.15) is 73.2 Å². The standard InChI is InChI=1S/C23H35NO13S3/c1-22(2)19-17(21(26)37-10-7-13-40(33,34)35)14-16(20(25)36-9-6-12-39(30,31)32)15-18(19)24(23(22,3)4)8-5-11-38(27,28)29/h14-15H,5-13H2,1-4H3,(H,27,28,29)(H,30,31,32)(H,33,34,35). The van der Waals surface area contributed by atoms with E-state index in [2.05, 4.69) is 0 Å². The van der Waals surface area contributed by atoms with Crippen LogP contribution in [0.5, 0.6) is 0 Å². The summed E-state index contributed by atoms with van der Waals surface area (Å²) in [5.74, 6) is -3.56. The minimum Gasteiger partial charge on any atom is -0.462 e. The van der Waals surface area contributed by atoms with E-state index in [0.717, 1.165) is 0 Å². The Morgan fingerprint density at radius 2 is 1.20 bits per heavy atom. The predicted molar refractivity (Wildman–Crippen MR) is 145 cm³/mol. The molecule has 0 spiro atoms. The van der Waals surface area contributed by atoms with Gasteiger partial charge in [-0.25, -0.2) is 9.59 Å². The summed E-state index contributed by atoms with van der Waals surface area (Å²) >= 11 is 0. The maximum absolute atomic E-state index is 13.2.